The van der Waals surface area contributed by atoms with E-state index in [4.69, 9.17) is 4.74 Å². The molecule has 1 aromatic carbocycles. The molecule has 0 unspecified atom stereocenters. The van der Waals surface area contributed by atoms with E-state index in [0.29, 0.717) is 12.5 Å². The van der Waals surface area contributed by atoms with Gasteiger partial charge < -0.3 is 15.0 Å². The smallest absolute Gasteiger partial charge is 0.410 e. The fourth-order valence-corrected chi connectivity index (χ4v) is 2.52. The van der Waals surface area contributed by atoms with Crippen LogP contribution in [0.15, 0.2) is 30.3 Å². The van der Waals surface area contributed by atoms with Crippen molar-refractivity contribution in [2.45, 2.75) is 39.3 Å². The molecule has 0 radical (unpaired) electrons. The second-order valence-electron chi connectivity index (χ2n) is 6.71. The highest BCUT2D eigenvalue weighted by atomic mass is 16.6. The van der Waals surface area contributed by atoms with Gasteiger partial charge in [0.05, 0.1) is 0 Å². The predicted molar refractivity (Wildman–Crippen MR) is 84.1 cm³/mol. The Morgan fingerprint density at radius 3 is 2.62 bits per heavy atom. The van der Waals surface area contributed by atoms with E-state index in [1.165, 1.54) is 0 Å². The van der Waals surface area contributed by atoms with Crippen LogP contribution in [0.5, 0.6) is 0 Å². The second kappa shape index (κ2) is 6.94. The lowest BCUT2D eigenvalue weighted by molar-refractivity contribution is 0.0207. The number of rotatable bonds is 4. The van der Waals surface area contributed by atoms with E-state index < -0.39 is 5.60 Å². The molecule has 0 spiro atoms. The first-order valence-corrected chi connectivity index (χ1v) is 7.66. The Bertz CT molecular complexity index is 448. The third-order valence-electron chi connectivity index (χ3n) is 3.51. The fraction of sp³-hybridized carbons (Fsp3) is 0.588. The van der Waals surface area contributed by atoms with Gasteiger partial charge in [-0.1, -0.05) is 30.3 Å². The molecule has 1 heterocycles. The Morgan fingerprint density at radius 2 is 2.05 bits per heavy atom. The van der Waals surface area contributed by atoms with Crippen LogP contribution in [-0.4, -0.2) is 36.2 Å². The Morgan fingerprint density at radius 1 is 1.33 bits per heavy atom. The number of benzene rings is 1. The summed E-state index contributed by atoms with van der Waals surface area (Å²) in [5.41, 5.74) is 0.675. The average Bonchev–Trinajstić information content (AvgIpc) is 2.90. The van der Waals surface area contributed by atoms with Gasteiger partial charge in [-0.15, -0.1) is 0 Å². The normalized spacial score (nSPS) is 18.5. The number of amides is 1. The van der Waals surface area contributed by atoms with Gasteiger partial charge in [-0.3, -0.25) is 0 Å². The molecule has 0 aliphatic carbocycles. The summed E-state index contributed by atoms with van der Waals surface area (Å²) in [5.74, 6) is 0.515. The number of nitrogens with one attached hydrogen (secondary N) is 1. The van der Waals surface area contributed by atoms with E-state index in [2.05, 4.69) is 5.32 Å². The summed E-state index contributed by atoms with van der Waals surface area (Å²) < 4.78 is 5.55. The minimum atomic E-state index is -0.458. The molecule has 116 valence electrons. The van der Waals surface area contributed by atoms with Crippen molar-refractivity contribution in [3.05, 3.63) is 35.9 Å². The van der Waals surface area contributed by atoms with E-state index in [0.717, 1.165) is 31.6 Å². The Balaban J connectivity index is 2.03. The average molecular weight is 290 g/mol. The zero-order valence-corrected chi connectivity index (χ0v) is 13.3. The molecular weight excluding hydrogens is 264 g/mol. The highest BCUT2D eigenvalue weighted by molar-refractivity contribution is 5.68. The van der Waals surface area contributed by atoms with Gasteiger partial charge in [0.2, 0.25) is 0 Å². The minimum Gasteiger partial charge on any atom is -0.444 e. The van der Waals surface area contributed by atoms with Gasteiger partial charge in [0, 0.05) is 13.1 Å². The van der Waals surface area contributed by atoms with Crippen molar-refractivity contribution in [3.8, 4) is 0 Å². The highest BCUT2D eigenvalue weighted by Gasteiger charge is 2.26. The zero-order valence-electron chi connectivity index (χ0n) is 13.3. The van der Waals surface area contributed by atoms with Crippen molar-refractivity contribution >= 4 is 6.09 Å². The van der Waals surface area contributed by atoms with Crippen molar-refractivity contribution in [3.63, 3.8) is 0 Å². The molecule has 1 atom stereocenters. The van der Waals surface area contributed by atoms with Crippen LogP contribution in [0.25, 0.3) is 0 Å². The lowest BCUT2D eigenvalue weighted by Crippen LogP contribution is -2.39. The van der Waals surface area contributed by atoms with Gasteiger partial charge in [-0.05, 0) is 51.8 Å². The molecular formula is C17H26N2O2. The van der Waals surface area contributed by atoms with E-state index >= 15 is 0 Å². The topological polar surface area (TPSA) is 41.6 Å². The third kappa shape index (κ3) is 5.38. The van der Waals surface area contributed by atoms with Crippen molar-refractivity contribution < 1.29 is 9.53 Å². The van der Waals surface area contributed by atoms with Crippen LogP contribution in [-0.2, 0) is 11.3 Å². The van der Waals surface area contributed by atoms with Gasteiger partial charge >= 0.3 is 6.09 Å². The summed E-state index contributed by atoms with van der Waals surface area (Å²) in [5, 5.41) is 3.35. The molecule has 0 aromatic heterocycles. The zero-order chi connectivity index (χ0) is 15.3. The van der Waals surface area contributed by atoms with Crippen LogP contribution in [0.1, 0.15) is 32.8 Å². The molecule has 1 aliphatic rings. The molecule has 0 bridgehead atoms. The van der Waals surface area contributed by atoms with Gasteiger partial charge in [0.15, 0.2) is 0 Å². The van der Waals surface area contributed by atoms with Crippen LogP contribution >= 0.6 is 0 Å². The highest BCUT2D eigenvalue weighted by Crippen LogP contribution is 2.16. The summed E-state index contributed by atoms with van der Waals surface area (Å²) in [6, 6.07) is 10.1. The molecule has 1 saturated heterocycles. The number of hydrogen-bond acceptors (Lipinski definition) is 3. The summed E-state index contributed by atoms with van der Waals surface area (Å²) in [6.07, 6.45) is 0.895. The van der Waals surface area contributed by atoms with Crippen molar-refractivity contribution in [1.29, 1.82) is 0 Å². The second-order valence-corrected chi connectivity index (χ2v) is 6.71. The summed E-state index contributed by atoms with van der Waals surface area (Å²) in [6.45, 7) is 9.09. The van der Waals surface area contributed by atoms with Crippen LogP contribution < -0.4 is 5.32 Å². The number of ether oxygens (including phenoxy) is 1. The standard InChI is InChI=1S/C17H26N2O2/c1-17(2,3)21-16(20)19(13-15-9-10-18-11-15)12-14-7-5-4-6-8-14/h4-8,15,18H,9-13H2,1-3H3/t15-/m0/s1. The van der Waals surface area contributed by atoms with Crippen LogP contribution in [0, 0.1) is 5.92 Å². The molecule has 1 aliphatic heterocycles. The first kappa shape index (κ1) is 15.8. The van der Waals surface area contributed by atoms with Gasteiger partial charge in [0.1, 0.15) is 5.60 Å². The molecule has 4 heteroatoms. The number of nitrogens with zero attached hydrogens (tertiary/aromatic N) is 1. The fourth-order valence-electron chi connectivity index (χ4n) is 2.52. The van der Waals surface area contributed by atoms with E-state index in [9.17, 15) is 4.79 Å². The first-order valence-electron chi connectivity index (χ1n) is 7.66. The molecule has 1 amide bonds. The van der Waals surface area contributed by atoms with Crippen molar-refractivity contribution in [1.82, 2.24) is 10.2 Å². The van der Waals surface area contributed by atoms with Crippen molar-refractivity contribution in [2.24, 2.45) is 5.92 Å². The van der Waals surface area contributed by atoms with Crippen LogP contribution in [0.4, 0.5) is 4.79 Å². The van der Waals surface area contributed by atoms with Crippen LogP contribution in [0.3, 0.4) is 0 Å². The Hall–Kier alpha value is -1.55. The molecule has 21 heavy (non-hydrogen) atoms. The minimum absolute atomic E-state index is 0.224. The van der Waals surface area contributed by atoms with E-state index in [1.54, 1.807) is 0 Å². The molecule has 2 rings (SSSR count). The van der Waals surface area contributed by atoms with Crippen molar-refractivity contribution in [2.75, 3.05) is 19.6 Å². The molecule has 1 fully saturated rings. The number of carbonyl (C=O) groups excluding carboxylic acids is 1. The lowest BCUT2D eigenvalue weighted by atomic mass is 10.1. The third-order valence-corrected chi connectivity index (χ3v) is 3.51. The monoisotopic (exact) mass is 290 g/mol. The maximum absolute atomic E-state index is 12.4. The molecule has 1 aromatic rings. The number of hydrogen-bond donors (Lipinski definition) is 1. The largest absolute Gasteiger partial charge is 0.444 e. The van der Waals surface area contributed by atoms with Gasteiger partial charge in [0.25, 0.3) is 0 Å². The van der Waals surface area contributed by atoms with E-state index in [-0.39, 0.29) is 6.09 Å². The summed E-state index contributed by atoms with van der Waals surface area (Å²) in [7, 11) is 0. The SMILES string of the molecule is CC(C)(C)OC(=O)N(Cc1ccccc1)C[C@H]1CCNC1. The molecule has 4 nitrogen and oxygen atoms in total. The van der Waals surface area contributed by atoms with E-state index in [1.807, 2.05) is 56.0 Å². The summed E-state index contributed by atoms with van der Waals surface area (Å²) in [4.78, 5) is 14.3. The first-order chi connectivity index (χ1) is 9.94. The maximum atomic E-state index is 12.4. The predicted octanol–water partition coefficient (Wildman–Crippen LogP) is 3.03. The Kier molecular flexibility index (Phi) is 5.23. The molecule has 1 N–H and O–H groups in total. The quantitative estimate of drug-likeness (QED) is 0.926. The van der Waals surface area contributed by atoms with Gasteiger partial charge in [-0.2, -0.15) is 0 Å². The maximum Gasteiger partial charge on any atom is 0.410 e. The lowest BCUT2D eigenvalue weighted by Gasteiger charge is -2.29. The number of carbonyl (C=O) groups is 1. The summed E-state index contributed by atoms with van der Waals surface area (Å²) >= 11 is 0. The van der Waals surface area contributed by atoms with Gasteiger partial charge in [-0.25, -0.2) is 4.79 Å². The van der Waals surface area contributed by atoms with Crippen LogP contribution in [0.2, 0.25) is 0 Å². The Labute approximate surface area is 127 Å². The molecule has 0 saturated carbocycles.